The molecule has 0 saturated carbocycles. The van der Waals surface area contributed by atoms with Gasteiger partial charge in [-0.2, -0.15) is 0 Å². The van der Waals surface area contributed by atoms with E-state index in [0.29, 0.717) is 17.0 Å². The Morgan fingerprint density at radius 1 is 1.24 bits per heavy atom. The standard InChI is InChI=1S/C17H18BrClFN/c1-3-21-17(15-10-14(19)7-4-11(15)2)8-12-5-6-13(18)9-16(12)20/h4-7,9-10,17,21H,3,8H2,1-2H3. The van der Waals surface area contributed by atoms with Crippen molar-refractivity contribution in [3.63, 3.8) is 0 Å². The summed E-state index contributed by atoms with van der Waals surface area (Å²) in [7, 11) is 0. The first-order valence-electron chi connectivity index (χ1n) is 6.94. The van der Waals surface area contributed by atoms with Crippen LogP contribution in [0.15, 0.2) is 40.9 Å². The van der Waals surface area contributed by atoms with Gasteiger partial charge in [-0.15, -0.1) is 0 Å². The predicted octanol–water partition coefficient (Wildman–Crippen LogP) is 5.44. The molecular weight excluding hydrogens is 353 g/mol. The molecule has 1 unspecified atom stereocenters. The molecule has 21 heavy (non-hydrogen) atoms. The number of hydrogen-bond donors (Lipinski definition) is 1. The van der Waals surface area contributed by atoms with Gasteiger partial charge in [0.2, 0.25) is 0 Å². The normalized spacial score (nSPS) is 12.4. The molecule has 0 radical (unpaired) electrons. The van der Waals surface area contributed by atoms with Crippen molar-refractivity contribution in [2.24, 2.45) is 0 Å². The molecule has 2 rings (SSSR count). The Hall–Kier alpha value is -0.900. The summed E-state index contributed by atoms with van der Waals surface area (Å²) in [6, 6.07) is 11.1. The van der Waals surface area contributed by atoms with E-state index in [0.717, 1.165) is 22.1 Å². The van der Waals surface area contributed by atoms with Gasteiger partial charge in [0.05, 0.1) is 0 Å². The van der Waals surface area contributed by atoms with Gasteiger partial charge in [-0.1, -0.05) is 46.6 Å². The van der Waals surface area contributed by atoms with Crippen LogP contribution in [0.2, 0.25) is 5.02 Å². The zero-order chi connectivity index (χ0) is 15.4. The highest BCUT2D eigenvalue weighted by Gasteiger charge is 2.16. The Labute approximate surface area is 138 Å². The molecule has 0 aliphatic heterocycles. The molecule has 1 N–H and O–H groups in total. The number of aryl methyl sites for hydroxylation is 1. The summed E-state index contributed by atoms with van der Waals surface area (Å²) in [6.45, 7) is 4.91. The highest BCUT2D eigenvalue weighted by atomic mass is 79.9. The first-order chi connectivity index (χ1) is 10.0. The monoisotopic (exact) mass is 369 g/mol. The van der Waals surface area contributed by atoms with Crippen LogP contribution in [0.25, 0.3) is 0 Å². The number of hydrogen-bond acceptors (Lipinski definition) is 1. The lowest BCUT2D eigenvalue weighted by molar-refractivity contribution is 0.526. The number of halogens is 3. The lowest BCUT2D eigenvalue weighted by atomic mass is 9.95. The Kier molecular flexibility index (Phi) is 5.80. The van der Waals surface area contributed by atoms with Crippen LogP contribution in [0, 0.1) is 12.7 Å². The molecule has 0 fully saturated rings. The number of rotatable bonds is 5. The predicted molar refractivity (Wildman–Crippen MR) is 90.4 cm³/mol. The van der Waals surface area contributed by atoms with Crippen LogP contribution in [0.3, 0.4) is 0 Å². The molecule has 0 amide bonds. The minimum atomic E-state index is -0.188. The zero-order valence-electron chi connectivity index (χ0n) is 12.1. The van der Waals surface area contributed by atoms with Crippen molar-refractivity contribution in [3.8, 4) is 0 Å². The van der Waals surface area contributed by atoms with E-state index in [1.54, 1.807) is 0 Å². The SMILES string of the molecule is CCNC(Cc1ccc(Br)cc1F)c1cc(Cl)ccc1C. The topological polar surface area (TPSA) is 12.0 Å². The second-order valence-corrected chi connectivity index (χ2v) is 6.40. The largest absolute Gasteiger partial charge is 0.310 e. The van der Waals surface area contributed by atoms with Crippen molar-refractivity contribution in [2.75, 3.05) is 6.54 Å². The van der Waals surface area contributed by atoms with Gasteiger partial charge >= 0.3 is 0 Å². The fourth-order valence-corrected chi connectivity index (χ4v) is 2.95. The zero-order valence-corrected chi connectivity index (χ0v) is 14.4. The Morgan fingerprint density at radius 2 is 2.00 bits per heavy atom. The van der Waals surface area contributed by atoms with Gasteiger partial charge in [0.15, 0.2) is 0 Å². The molecule has 2 aromatic carbocycles. The van der Waals surface area contributed by atoms with Crippen LogP contribution < -0.4 is 5.32 Å². The van der Waals surface area contributed by atoms with Crippen LogP contribution in [0.4, 0.5) is 4.39 Å². The maximum Gasteiger partial charge on any atom is 0.127 e. The highest BCUT2D eigenvalue weighted by Crippen LogP contribution is 2.26. The molecule has 0 aliphatic carbocycles. The summed E-state index contributed by atoms with van der Waals surface area (Å²) >= 11 is 9.39. The van der Waals surface area contributed by atoms with E-state index in [2.05, 4.69) is 21.2 Å². The summed E-state index contributed by atoms with van der Waals surface area (Å²) in [6.07, 6.45) is 0.591. The van der Waals surface area contributed by atoms with Crippen LogP contribution in [-0.4, -0.2) is 6.54 Å². The maximum absolute atomic E-state index is 14.1. The minimum absolute atomic E-state index is 0.0457. The summed E-state index contributed by atoms with van der Waals surface area (Å²) in [4.78, 5) is 0. The minimum Gasteiger partial charge on any atom is -0.310 e. The fraction of sp³-hybridized carbons (Fsp3) is 0.294. The van der Waals surface area contributed by atoms with E-state index in [1.165, 1.54) is 6.07 Å². The Balaban J connectivity index is 2.32. The lowest BCUT2D eigenvalue weighted by Gasteiger charge is -2.21. The van der Waals surface area contributed by atoms with E-state index in [1.807, 2.05) is 44.2 Å². The number of likely N-dealkylation sites (N-methyl/N-ethyl adjacent to an activating group) is 1. The van der Waals surface area contributed by atoms with Gasteiger partial charge in [0, 0.05) is 15.5 Å². The molecule has 0 spiro atoms. The summed E-state index contributed by atoms with van der Waals surface area (Å²) < 4.78 is 14.8. The van der Waals surface area contributed by atoms with Gasteiger partial charge in [0.25, 0.3) is 0 Å². The molecule has 0 saturated heterocycles. The van der Waals surface area contributed by atoms with E-state index >= 15 is 0 Å². The molecule has 0 aromatic heterocycles. The molecule has 1 atom stereocenters. The summed E-state index contributed by atoms with van der Waals surface area (Å²) in [5.41, 5.74) is 2.97. The first kappa shape index (κ1) is 16.5. The number of nitrogens with one attached hydrogen (secondary N) is 1. The van der Waals surface area contributed by atoms with Crippen molar-refractivity contribution in [1.29, 1.82) is 0 Å². The molecule has 1 nitrogen and oxygen atoms in total. The summed E-state index contributed by atoms with van der Waals surface area (Å²) in [5.74, 6) is -0.188. The Bertz CT molecular complexity index is 630. The van der Waals surface area contributed by atoms with E-state index in [4.69, 9.17) is 11.6 Å². The molecular formula is C17H18BrClFN. The molecule has 0 heterocycles. The van der Waals surface area contributed by atoms with E-state index < -0.39 is 0 Å². The van der Waals surface area contributed by atoms with Gasteiger partial charge in [-0.05, 0) is 60.8 Å². The van der Waals surface area contributed by atoms with Crippen LogP contribution in [0.1, 0.15) is 29.7 Å². The van der Waals surface area contributed by atoms with Gasteiger partial charge in [-0.25, -0.2) is 4.39 Å². The maximum atomic E-state index is 14.1. The van der Waals surface area contributed by atoms with Crippen molar-refractivity contribution >= 4 is 27.5 Å². The summed E-state index contributed by atoms with van der Waals surface area (Å²) in [5, 5.41) is 4.12. The molecule has 112 valence electrons. The van der Waals surface area contributed by atoms with Gasteiger partial charge in [0.1, 0.15) is 5.82 Å². The third-order valence-corrected chi connectivity index (χ3v) is 4.23. The van der Waals surface area contributed by atoms with Gasteiger partial charge < -0.3 is 5.32 Å². The third-order valence-electron chi connectivity index (χ3n) is 3.51. The van der Waals surface area contributed by atoms with Crippen LogP contribution in [-0.2, 0) is 6.42 Å². The van der Waals surface area contributed by atoms with Crippen molar-refractivity contribution in [2.45, 2.75) is 26.3 Å². The highest BCUT2D eigenvalue weighted by molar-refractivity contribution is 9.10. The smallest absolute Gasteiger partial charge is 0.127 e. The third kappa shape index (κ3) is 4.29. The second-order valence-electron chi connectivity index (χ2n) is 5.05. The molecule has 2 aromatic rings. The van der Waals surface area contributed by atoms with Crippen molar-refractivity contribution in [1.82, 2.24) is 5.32 Å². The van der Waals surface area contributed by atoms with E-state index in [-0.39, 0.29) is 11.9 Å². The van der Waals surface area contributed by atoms with E-state index in [9.17, 15) is 4.39 Å². The van der Waals surface area contributed by atoms with Crippen LogP contribution in [0.5, 0.6) is 0 Å². The second kappa shape index (κ2) is 7.39. The Morgan fingerprint density at radius 3 is 2.67 bits per heavy atom. The van der Waals surface area contributed by atoms with Crippen molar-refractivity contribution < 1.29 is 4.39 Å². The molecule has 0 aliphatic rings. The lowest BCUT2D eigenvalue weighted by Crippen LogP contribution is -2.24. The first-order valence-corrected chi connectivity index (χ1v) is 8.11. The number of benzene rings is 2. The average Bonchev–Trinajstić information content (AvgIpc) is 2.44. The fourth-order valence-electron chi connectivity index (χ4n) is 2.43. The average molecular weight is 371 g/mol. The molecule has 0 bridgehead atoms. The van der Waals surface area contributed by atoms with Crippen molar-refractivity contribution in [3.05, 3.63) is 68.4 Å². The molecule has 4 heteroatoms. The van der Waals surface area contributed by atoms with Crippen LogP contribution >= 0.6 is 27.5 Å². The quantitative estimate of drug-likeness (QED) is 0.738. The van der Waals surface area contributed by atoms with Gasteiger partial charge in [-0.3, -0.25) is 0 Å².